The van der Waals surface area contributed by atoms with Gasteiger partial charge in [-0.3, -0.25) is 4.79 Å². The van der Waals surface area contributed by atoms with Crippen molar-refractivity contribution in [3.63, 3.8) is 0 Å². The number of carbonyl (C=O) groups excluding carboxylic acids is 1. The summed E-state index contributed by atoms with van der Waals surface area (Å²) in [5, 5.41) is 2.70. The van der Waals surface area contributed by atoms with Gasteiger partial charge >= 0.3 is 0 Å². The van der Waals surface area contributed by atoms with E-state index in [1.54, 1.807) is 6.92 Å². The molecule has 0 spiro atoms. The zero-order valence-electron chi connectivity index (χ0n) is 13.0. The van der Waals surface area contributed by atoms with Crippen molar-refractivity contribution < 1.29 is 13.2 Å². The highest BCUT2D eigenvalue weighted by atomic mass is 35.5. The molecule has 0 saturated heterocycles. The number of rotatable bonds is 6. The van der Waals surface area contributed by atoms with Gasteiger partial charge in [0.1, 0.15) is 11.5 Å². The van der Waals surface area contributed by atoms with E-state index < -0.39 is 10.0 Å². The van der Waals surface area contributed by atoms with Crippen molar-refractivity contribution in [1.82, 2.24) is 15.4 Å². The van der Waals surface area contributed by atoms with E-state index in [4.69, 9.17) is 11.6 Å². The number of hydrogen-bond acceptors (Lipinski definition) is 6. The lowest BCUT2D eigenvalue weighted by atomic mass is 10.3. The van der Waals surface area contributed by atoms with Gasteiger partial charge in [0.25, 0.3) is 10.0 Å². The second kappa shape index (κ2) is 7.56. The Morgan fingerprint density at radius 2 is 1.92 bits per heavy atom. The van der Waals surface area contributed by atoms with Gasteiger partial charge in [0.15, 0.2) is 5.82 Å². The maximum atomic E-state index is 12.8. The SMILES string of the molecule is CCNN(c1cc(Cl)ncn1)S(=O)(=O)c1ccc(NC(C)=O)cc1. The van der Waals surface area contributed by atoms with Gasteiger partial charge in [-0.1, -0.05) is 18.5 Å². The molecule has 0 saturated carbocycles. The molecule has 2 aromatic rings. The minimum atomic E-state index is -3.92. The highest BCUT2D eigenvalue weighted by Gasteiger charge is 2.26. The van der Waals surface area contributed by atoms with Crippen molar-refractivity contribution in [1.29, 1.82) is 0 Å². The molecular weight excluding hydrogens is 354 g/mol. The molecule has 1 heterocycles. The van der Waals surface area contributed by atoms with Crippen LogP contribution in [0.25, 0.3) is 0 Å². The number of amides is 1. The van der Waals surface area contributed by atoms with Crippen LogP contribution < -0.4 is 15.2 Å². The maximum absolute atomic E-state index is 12.8. The van der Waals surface area contributed by atoms with E-state index in [9.17, 15) is 13.2 Å². The molecule has 1 aromatic carbocycles. The summed E-state index contributed by atoms with van der Waals surface area (Å²) in [6, 6.07) is 7.14. The van der Waals surface area contributed by atoms with E-state index in [2.05, 4.69) is 20.7 Å². The Bertz CT molecular complexity index is 827. The van der Waals surface area contributed by atoms with Gasteiger partial charge in [-0.15, -0.1) is 0 Å². The van der Waals surface area contributed by atoms with Gasteiger partial charge in [0, 0.05) is 25.2 Å². The summed E-state index contributed by atoms with van der Waals surface area (Å²) in [6.45, 7) is 3.48. The average Bonchev–Trinajstić information content (AvgIpc) is 2.52. The molecule has 8 nitrogen and oxygen atoms in total. The zero-order chi connectivity index (χ0) is 17.7. The normalized spacial score (nSPS) is 11.1. The van der Waals surface area contributed by atoms with Gasteiger partial charge in [-0.05, 0) is 24.3 Å². The van der Waals surface area contributed by atoms with Crippen LogP contribution in [0.5, 0.6) is 0 Å². The third-order valence-electron chi connectivity index (χ3n) is 2.84. The second-order valence-corrected chi connectivity index (χ2v) is 6.86. The zero-order valence-corrected chi connectivity index (χ0v) is 14.6. The average molecular weight is 370 g/mol. The van der Waals surface area contributed by atoms with E-state index in [0.29, 0.717) is 12.2 Å². The topological polar surface area (TPSA) is 104 Å². The molecule has 0 aliphatic carbocycles. The van der Waals surface area contributed by atoms with Crippen LogP contribution in [0.2, 0.25) is 5.15 Å². The van der Waals surface area contributed by atoms with Crippen molar-refractivity contribution in [2.45, 2.75) is 18.7 Å². The van der Waals surface area contributed by atoms with Gasteiger partial charge in [-0.25, -0.2) is 15.4 Å². The Morgan fingerprint density at radius 1 is 1.25 bits per heavy atom. The number of hydrogen-bond donors (Lipinski definition) is 2. The monoisotopic (exact) mass is 369 g/mol. The number of halogens is 1. The summed E-state index contributed by atoms with van der Waals surface area (Å²) in [7, 11) is -3.92. The Labute approximate surface area is 144 Å². The first kappa shape index (κ1) is 18.1. The fraction of sp³-hybridized carbons (Fsp3) is 0.214. The number of nitrogens with zero attached hydrogens (tertiary/aromatic N) is 3. The smallest absolute Gasteiger partial charge is 0.279 e. The predicted octanol–water partition coefficient (Wildman–Crippen LogP) is 1.81. The van der Waals surface area contributed by atoms with Crippen molar-refractivity contribution in [2.75, 3.05) is 16.3 Å². The summed E-state index contributed by atoms with van der Waals surface area (Å²) < 4.78 is 26.6. The number of carbonyl (C=O) groups is 1. The molecule has 1 aromatic heterocycles. The van der Waals surface area contributed by atoms with Gasteiger partial charge in [0.05, 0.1) is 4.90 Å². The predicted molar refractivity (Wildman–Crippen MR) is 91.1 cm³/mol. The molecule has 0 fully saturated rings. The van der Waals surface area contributed by atoms with Gasteiger partial charge < -0.3 is 5.32 Å². The Morgan fingerprint density at radius 3 is 2.46 bits per heavy atom. The van der Waals surface area contributed by atoms with E-state index in [-0.39, 0.29) is 21.8 Å². The molecule has 0 radical (unpaired) electrons. The highest BCUT2D eigenvalue weighted by Crippen LogP contribution is 2.22. The van der Waals surface area contributed by atoms with Crippen LogP contribution in [-0.4, -0.2) is 30.8 Å². The van der Waals surface area contributed by atoms with Crippen LogP contribution >= 0.6 is 11.6 Å². The molecule has 0 aliphatic heterocycles. The van der Waals surface area contributed by atoms with Crippen molar-refractivity contribution >= 4 is 39.0 Å². The minimum Gasteiger partial charge on any atom is -0.326 e. The van der Waals surface area contributed by atoms with Crippen LogP contribution in [0.3, 0.4) is 0 Å². The number of sulfonamides is 1. The molecule has 0 aliphatic rings. The molecule has 128 valence electrons. The lowest BCUT2D eigenvalue weighted by molar-refractivity contribution is -0.114. The van der Waals surface area contributed by atoms with Crippen LogP contribution in [0.15, 0.2) is 41.6 Å². The van der Waals surface area contributed by atoms with Crippen LogP contribution in [0.1, 0.15) is 13.8 Å². The van der Waals surface area contributed by atoms with E-state index >= 15 is 0 Å². The van der Waals surface area contributed by atoms with E-state index in [1.807, 2.05) is 0 Å². The standard InChI is InChI=1S/C14H16ClN5O3S/c1-3-18-20(14-8-13(15)16-9-17-14)24(22,23)12-6-4-11(5-7-12)19-10(2)21/h4-9,18H,3H2,1-2H3,(H,19,21). The number of hydrazine groups is 1. The first-order valence-corrected chi connectivity index (χ1v) is 8.80. The first-order valence-electron chi connectivity index (χ1n) is 6.98. The Balaban J connectivity index is 2.39. The third kappa shape index (κ3) is 4.19. The van der Waals surface area contributed by atoms with Crippen LogP contribution in [0, 0.1) is 0 Å². The van der Waals surface area contributed by atoms with Crippen LogP contribution in [-0.2, 0) is 14.8 Å². The van der Waals surface area contributed by atoms with Crippen molar-refractivity contribution in [3.05, 3.63) is 41.8 Å². The quantitative estimate of drug-likeness (QED) is 0.594. The molecule has 0 bridgehead atoms. The largest absolute Gasteiger partial charge is 0.326 e. The maximum Gasteiger partial charge on any atom is 0.279 e. The summed E-state index contributed by atoms with van der Waals surface area (Å²) in [6.07, 6.45) is 1.18. The van der Waals surface area contributed by atoms with Gasteiger partial charge in [0.2, 0.25) is 5.91 Å². The molecule has 0 unspecified atom stereocenters. The highest BCUT2D eigenvalue weighted by molar-refractivity contribution is 7.92. The Kier molecular flexibility index (Phi) is 5.71. The molecule has 24 heavy (non-hydrogen) atoms. The molecule has 0 atom stereocenters. The number of aromatic nitrogens is 2. The number of nitrogens with one attached hydrogen (secondary N) is 2. The summed E-state index contributed by atoms with van der Waals surface area (Å²) >= 11 is 5.81. The molecule has 1 amide bonds. The Hall–Kier alpha value is -2.23. The van der Waals surface area contributed by atoms with Crippen molar-refractivity contribution in [3.8, 4) is 0 Å². The van der Waals surface area contributed by atoms with Crippen LogP contribution in [0.4, 0.5) is 11.5 Å². The number of benzene rings is 1. The first-order chi connectivity index (χ1) is 11.3. The summed E-state index contributed by atoms with van der Waals surface area (Å²) in [4.78, 5) is 18.7. The summed E-state index contributed by atoms with van der Waals surface area (Å²) in [5.41, 5.74) is 3.24. The fourth-order valence-corrected chi connectivity index (χ4v) is 3.36. The molecular formula is C14H16ClN5O3S. The number of anilines is 2. The lowest BCUT2D eigenvalue weighted by Gasteiger charge is -2.23. The molecule has 10 heteroatoms. The minimum absolute atomic E-state index is 0.0345. The van der Waals surface area contributed by atoms with Gasteiger partial charge in [-0.2, -0.15) is 12.8 Å². The molecule has 2 rings (SSSR count). The summed E-state index contributed by atoms with van der Waals surface area (Å²) in [5.74, 6) is -0.140. The molecule has 2 N–H and O–H groups in total. The van der Waals surface area contributed by atoms with E-state index in [0.717, 1.165) is 4.41 Å². The lowest BCUT2D eigenvalue weighted by Crippen LogP contribution is -2.43. The fourth-order valence-electron chi connectivity index (χ4n) is 1.89. The van der Waals surface area contributed by atoms with E-state index in [1.165, 1.54) is 43.6 Å². The second-order valence-electron chi connectivity index (χ2n) is 4.69. The third-order valence-corrected chi connectivity index (χ3v) is 4.71. The van der Waals surface area contributed by atoms with Crippen molar-refractivity contribution in [2.24, 2.45) is 0 Å².